The summed E-state index contributed by atoms with van der Waals surface area (Å²) >= 11 is 0. The molecule has 0 aromatic heterocycles. The number of nitrogens with two attached hydrogens (primary N) is 1. The number of nitrogens with one attached hydrogen (secondary N) is 2. The average Bonchev–Trinajstić information content (AvgIpc) is 3.67. The zero-order chi connectivity index (χ0) is 24.1. The Bertz CT molecular complexity index is 1230. The first-order valence-electron chi connectivity index (χ1n) is 11.0. The SMILES string of the molecule is COc1ccc(/C(=C\c2ccc(C(=O)Nc3ccccc3N)cc2)C(=O)NC2CC2)cc1OC. The summed E-state index contributed by atoms with van der Waals surface area (Å²) in [5.41, 5.74) is 9.44. The molecule has 0 atom stereocenters. The summed E-state index contributed by atoms with van der Waals surface area (Å²) in [6.45, 7) is 0. The Morgan fingerprint density at radius 3 is 2.24 bits per heavy atom. The van der Waals surface area contributed by atoms with Crippen molar-refractivity contribution >= 4 is 34.8 Å². The van der Waals surface area contributed by atoms with Gasteiger partial charge in [-0.25, -0.2) is 0 Å². The van der Waals surface area contributed by atoms with Gasteiger partial charge in [0.15, 0.2) is 11.5 Å². The fourth-order valence-corrected chi connectivity index (χ4v) is 3.48. The Balaban J connectivity index is 1.60. The van der Waals surface area contributed by atoms with E-state index in [1.807, 2.05) is 18.2 Å². The van der Waals surface area contributed by atoms with Crippen molar-refractivity contribution in [3.8, 4) is 11.5 Å². The Hall–Kier alpha value is -4.26. The van der Waals surface area contributed by atoms with E-state index in [0.29, 0.717) is 39.6 Å². The lowest BCUT2D eigenvalue weighted by Crippen LogP contribution is -2.26. The van der Waals surface area contributed by atoms with Crippen molar-refractivity contribution in [1.29, 1.82) is 0 Å². The summed E-state index contributed by atoms with van der Waals surface area (Å²) in [6.07, 6.45) is 3.78. The maximum atomic E-state index is 13.0. The molecule has 7 nitrogen and oxygen atoms in total. The second kappa shape index (κ2) is 10.1. The maximum Gasteiger partial charge on any atom is 0.255 e. The predicted molar refractivity (Wildman–Crippen MR) is 134 cm³/mol. The van der Waals surface area contributed by atoms with E-state index in [2.05, 4.69) is 10.6 Å². The quantitative estimate of drug-likeness (QED) is 0.265. The number of anilines is 2. The first-order chi connectivity index (χ1) is 16.5. The monoisotopic (exact) mass is 457 g/mol. The van der Waals surface area contributed by atoms with Crippen LogP contribution in [0.25, 0.3) is 11.6 Å². The van der Waals surface area contributed by atoms with Gasteiger partial charge in [-0.2, -0.15) is 0 Å². The van der Waals surface area contributed by atoms with E-state index in [9.17, 15) is 9.59 Å². The molecule has 0 saturated heterocycles. The number of nitrogen functional groups attached to an aromatic ring is 1. The number of hydrogen-bond acceptors (Lipinski definition) is 5. The molecule has 34 heavy (non-hydrogen) atoms. The van der Waals surface area contributed by atoms with Crippen LogP contribution in [0.15, 0.2) is 66.7 Å². The molecule has 7 heteroatoms. The molecule has 0 spiro atoms. The maximum absolute atomic E-state index is 13.0. The number of methoxy groups -OCH3 is 2. The predicted octanol–water partition coefficient (Wildman–Crippen LogP) is 4.36. The van der Waals surface area contributed by atoms with E-state index in [1.54, 1.807) is 68.8 Å². The number of ether oxygens (including phenoxy) is 2. The molecular weight excluding hydrogens is 430 g/mol. The minimum atomic E-state index is -0.264. The minimum absolute atomic E-state index is 0.156. The molecule has 0 bridgehead atoms. The standard InChI is InChI=1S/C27H27N3O4/c1-33-24-14-11-19(16-25(24)34-2)21(27(32)29-20-12-13-20)15-17-7-9-18(10-8-17)26(31)30-23-6-4-3-5-22(23)28/h3-11,14-16,20H,12-13,28H2,1-2H3,(H,29,32)(H,30,31)/b21-15+. The van der Waals surface area contributed by atoms with Gasteiger partial charge in [-0.15, -0.1) is 0 Å². The largest absolute Gasteiger partial charge is 0.493 e. The lowest BCUT2D eigenvalue weighted by molar-refractivity contribution is -0.115. The minimum Gasteiger partial charge on any atom is -0.493 e. The van der Waals surface area contributed by atoms with Gasteiger partial charge in [0.05, 0.1) is 25.6 Å². The molecule has 2 amide bonds. The summed E-state index contributed by atoms with van der Waals surface area (Å²) < 4.78 is 10.7. The highest BCUT2D eigenvalue weighted by Gasteiger charge is 2.25. The van der Waals surface area contributed by atoms with Crippen LogP contribution in [0.1, 0.15) is 34.3 Å². The Morgan fingerprint density at radius 1 is 0.912 bits per heavy atom. The summed E-state index contributed by atoms with van der Waals surface area (Å²) in [5, 5.41) is 5.86. The van der Waals surface area contributed by atoms with E-state index in [0.717, 1.165) is 18.4 Å². The molecule has 0 heterocycles. The molecule has 1 aliphatic carbocycles. The first-order valence-corrected chi connectivity index (χ1v) is 11.0. The highest BCUT2D eigenvalue weighted by atomic mass is 16.5. The van der Waals surface area contributed by atoms with Crippen LogP contribution in [0.2, 0.25) is 0 Å². The first kappa shape index (κ1) is 22.9. The van der Waals surface area contributed by atoms with Gasteiger partial charge >= 0.3 is 0 Å². The third-order valence-corrected chi connectivity index (χ3v) is 5.54. The van der Waals surface area contributed by atoms with Gasteiger partial charge in [0.25, 0.3) is 11.8 Å². The third-order valence-electron chi connectivity index (χ3n) is 5.54. The number of carbonyl (C=O) groups excluding carboxylic acids is 2. The molecule has 174 valence electrons. The third kappa shape index (κ3) is 5.38. The highest BCUT2D eigenvalue weighted by molar-refractivity contribution is 6.24. The van der Waals surface area contributed by atoms with E-state index in [4.69, 9.17) is 15.2 Å². The summed E-state index contributed by atoms with van der Waals surface area (Å²) in [7, 11) is 3.13. The summed E-state index contributed by atoms with van der Waals surface area (Å²) in [6, 6.07) is 19.7. The van der Waals surface area contributed by atoms with Crippen LogP contribution in [0, 0.1) is 0 Å². The fourth-order valence-electron chi connectivity index (χ4n) is 3.48. The number of carbonyl (C=O) groups is 2. The molecule has 0 aliphatic heterocycles. The van der Waals surface area contributed by atoms with Gasteiger partial charge in [-0.05, 0) is 66.4 Å². The number of rotatable bonds is 8. The van der Waals surface area contributed by atoms with E-state index in [1.165, 1.54) is 0 Å². The molecule has 4 rings (SSSR count). The average molecular weight is 458 g/mol. The fraction of sp³-hybridized carbons (Fsp3) is 0.185. The van der Waals surface area contributed by atoms with Crippen LogP contribution in [0.3, 0.4) is 0 Å². The van der Waals surface area contributed by atoms with Crippen LogP contribution in [0.5, 0.6) is 11.5 Å². The van der Waals surface area contributed by atoms with Crippen molar-refractivity contribution < 1.29 is 19.1 Å². The van der Waals surface area contributed by atoms with Gasteiger partial charge in [0.1, 0.15) is 0 Å². The van der Waals surface area contributed by atoms with Crippen LogP contribution >= 0.6 is 0 Å². The Labute approximate surface area is 198 Å². The molecule has 3 aromatic rings. The van der Waals surface area contributed by atoms with Crippen molar-refractivity contribution in [2.45, 2.75) is 18.9 Å². The zero-order valence-corrected chi connectivity index (χ0v) is 19.1. The molecule has 1 saturated carbocycles. The van der Waals surface area contributed by atoms with E-state index >= 15 is 0 Å². The molecule has 4 N–H and O–H groups in total. The van der Waals surface area contributed by atoms with Crippen molar-refractivity contribution in [3.05, 3.63) is 83.4 Å². The summed E-state index contributed by atoms with van der Waals surface area (Å²) in [5.74, 6) is 0.705. The van der Waals surface area contributed by atoms with Gasteiger partial charge in [0.2, 0.25) is 0 Å². The number of para-hydroxylation sites is 2. The molecule has 0 radical (unpaired) electrons. The lowest BCUT2D eigenvalue weighted by atomic mass is 10.0. The van der Waals surface area contributed by atoms with Crippen LogP contribution < -0.4 is 25.8 Å². The Kier molecular flexibility index (Phi) is 6.82. The van der Waals surface area contributed by atoms with Crippen LogP contribution in [-0.2, 0) is 4.79 Å². The van der Waals surface area contributed by atoms with E-state index < -0.39 is 0 Å². The van der Waals surface area contributed by atoms with Crippen molar-refractivity contribution in [3.63, 3.8) is 0 Å². The van der Waals surface area contributed by atoms with Crippen molar-refractivity contribution in [2.24, 2.45) is 0 Å². The zero-order valence-electron chi connectivity index (χ0n) is 19.1. The van der Waals surface area contributed by atoms with E-state index in [-0.39, 0.29) is 17.9 Å². The molecule has 0 unspecified atom stereocenters. The lowest BCUT2D eigenvalue weighted by Gasteiger charge is -2.13. The van der Waals surface area contributed by atoms with Crippen LogP contribution in [0.4, 0.5) is 11.4 Å². The molecular formula is C27H27N3O4. The number of benzene rings is 3. The normalized spacial score (nSPS) is 13.2. The molecule has 1 aliphatic rings. The number of amides is 2. The van der Waals surface area contributed by atoms with Crippen molar-refractivity contribution in [1.82, 2.24) is 5.32 Å². The van der Waals surface area contributed by atoms with Gasteiger partial charge in [-0.3, -0.25) is 9.59 Å². The van der Waals surface area contributed by atoms with Gasteiger partial charge < -0.3 is 25.8 Å². The highest BCUT2D eigenvalue weighted by Crippen LogP contribution is 2.32. The summed E-state index contributed by atoms with van der Waals surface area (Å²) in [4.78, 5) is 25.7. The van der Waals surface area contributed by atoms with Crippen molar-refractivity contribution in [2.75, 3.05) is 25.3 Å². The van der Waals surface area contributed by atoms with Crippen LogP contribution in [-0.4, -0.2) is 32.1 Å². The van der Waals surface area contributed by atoms with Gasteiger partial charge in [0, 0.05) is 17.2 Å². The number of hydrogen-bond donors (Lipinski definition) is 3. The second-order valence-electron chi connectivity index (χ2n) is 8.04. The topological polar surface area (TPSA) is 103 Å². The Morgan fingerprint density at radius 2 is 1.59 bits per heavy atom. The van der Waals surface area contributed by atoms with Gasteiger partial charge in [-0.1, -0.05) is 30.3 Å². The molecule has 1 fully saturated rings. The second-order valence-corrected chi connectivity index (χ2v) is 8.04. The smallest absolute Gasteiger partial charge is 0.255 e. The molecule has 3 aromatic carbocycles.